The van der Waals surface area contributed by atoms with Gasteiger partial charge in [-0.2, -0.15) is 4.52 Å². The third-order valence-corrected chi connectivity index (χ3v) is 3.95. The normalized spacial score (nSPS) is 10.8. The summed E-state index contributed by atoms with van der Waals surface area (Å²) in [5.74, 6) is 2.17. The maximum absolute atomic E-state index is 6.14. The average molecular weight is 353 g/mol. The van der Waals surface area contributed by atoms with Crippen molar-refractivity contribution < 1.29 is 9.47 Å². The second kappa shape index (κ2) is 6.41. The van der Waals surface area contributed by atoms with Crippen molar-refractivity contribution in [1.82, 2.24) is 19.8 Å². The third kappa shape index (κ3) is 2.88. The molecule has 0 saturated carbocycles. The summed E-state index contributed by atoms with van der Waals surface area (Å²) < 4.78 is 12.8. The molecule has 0 N–H and O–H groups in total. The number of benzene rings is 2. The van der Waals surface area contributed by atoms with Crippen LogP contribution in [0.25, 0.3) is 17.0 Å². The molecule has 124 valence electrons. The van der Waals surface area contributed by atoms with Gasteiger partial charge in [0.25, 0.3) is 0 Å². The highest BCUT2D eigenvalue weighted by Gasteiger charge is 2.14. The third-order valence-electron chi connectivity index (χ3n) is 3.64. The van der Waals surface area contributed by atoms with Crippen LogP contribution >= 0.6 is 11.6 Å². The van der Waals surface area contributed by atoms with E-state index in [0.717, 1.165) is 5.56 Å². The molecular weight excluding hydrogens is 340 g/mol. The van der Waals surface area contributed by atoms with Crippen molar-refractivity contribution in [3.8, 4) is 28.8 Å². The molecule has 0 amide bonds. The van der Waals surface area contributed by atoms with Crippen molar-refractivity contribution in [3.63, 3.8) is 0 Å². The maximum Gasteiger partial charge on any atom is 0.237 e. The Bertz CT molecular complexity index is 1050. The van der Waals surface area contributed by atoms with Crippen molar-refractivity contribution in [1.29, 1.82) is 0 Å². The zero-order valence-electron chi connectivity index (χ0n) is 13.3. The second-order valence-corrected chi connectivity index (χ2v) is 5.61. The van der Waals surface area contributed by atoms with E-state index in [1.54, 1.807) is 35.9 Å². The summed E-state index contributed by atoms with van der Waals surface area (Å²) in [4.78, 5) is 0. The van der Waals surface area contributed by atoms with Gasteiger partial charge in [0, 0.05) is 6.07 Å². The highest BCUT2D eigenvalue weighted by molar-refractivity contribution is 6.32. The highest BCUT2D eigenvalue weighted by atomic mass is 35.5. The number of fused-ring (bicyclic) bond motifs is 1. The summed E-state index contributed by atoms with van der Waals surface area (Å²) in [5.41, 5.74) is 1.40. The lowest BCUT2D eigenvalue weighted by atomic mass is 10.2. The van der Waals surface area contributed by atoms with Crippen molar-refractivity contribution in [2.75, 3.05) is 7.11 Å². The van der Waals surface area contributed by atoms with Gasteiger partial charge in [0.05, 0.1) is 17.7 Å². The predicted octanol–water partition coefficient (Wildman–Crippen LogP) is 4.25. The van der Waals surface area contributed by atoms with Gasteiger partial charge in [-0.1, -0.05) is 35.9 Å². The number of methoxy groups -OCH3 is 1. The van der Waals surface area contributed by atoms with Crippen LogP contribution in [0.4, 0.5) is 0 Å². The fourth-order valence-electron chi connectivity index (χ4n) is 2.46. The van der Waals surface area contributed by atoms with Crippen LogP contribution in [0.15, 0.2) is 60.7 Å². The fourth-order valence-corrected chi connectivity index (χ4v) is 2.64. The van der Waals surface area contributed by atoms with Crippen LogP contribution in [0.1, 0.15) is 0 Å². The van der Waals surface area contributed by atoms with Crippen LogP contribution < -0.4 is 9.47 Å². The number of para-hydroxylation sites is 2. The summed E-state index contributed by atoms with van der Waals surface area (Å²) in [6, 6.07) is 18.3. The summed E-state index contributed by atoms with van der Waals surface area (Å²) in [6.45, 7) is 0. The molecule has 0 unspecified atom stereocenters. The van der Waals surface area contributed by atoms with E-state index < -0.39 is 0 Å². The van der Waals surface area contributed by atoms with Crippen molar-refractivity contribution >= 4 is 17.2 Å². The van der Waals surface area contributed by atoms with Crippen LogP contribution in [0.5, 0.6) is 17.4 Å². The molecule has 25 heavy (non-hydrogen) atoms. The summed E-state index contributed by atoms with van der Waals surface area (Å²) in [6.07, 6.45) is 0. The molecule has 7 heteroatoms. The topological polar surface area (TPSA) is 61.5 Å². The Morgan fingerprint density at radius 3 is 2.44 bits per heavy atom. The minimum absolute atomic E-state index is 0.386. The van der Waals surface area contributed by atoms with Gasteiger partial charge >= 0.3 is 0 Å². The first-order valence-corrected chi connectivity index (χ1v) is 7.92. The largest absolute Gasteiger partial charge is 0.496 e. The van der Waals surface area contributed by atoms with E-state index in [1.165, 1.54) is 0 Å². The van der Waals surface area contributed by atoms with Crippen LogP contribution in [0, 0.1) is 0 Å². The van der Waals surface area contributed by atoms with E-state index in [0.29, 0.717) is 33.9 Å². The highest BCUT2D eigenvalue weighted by Crippen LogP contribution is 2.30. The van der Waals surface area contributed by atoms with Gasteiger partial charge < -0.3 is 9.47 Å². The first-order chi connectivity index (χ1) is 12.3. The average Bonchev–Trinajstić information content (AvgIpc) is 3.06. The molecule has 6 nitrogen and oxygen atoms in total. The van der Waals surface area contributed by atoms with Gasteiger partial charge in [0.2, 0.25) is 5.88 Å². The van der Waals surface area contributed by atoms with Gasteiger partial charge in [-0.15, -0.1) is 15.3 Å². The van der Waals surface area contributed by atoms with Crippen molar-refractivity contribution in [3.05, 3.63) is 65.7 Å². The second-order valence-electron chi connectivity index (χ2n) is 5.20. The predicted molar refractivity (Wildman–Crippen MR) is 94.3 cm³/mol. The Hall–Kier alpha value is -3.12. The Labute approximate surface area is 148 Å². The standard InChI is InChI=1S/C18H13ClN4O2/c1-24-14-8-4-2-6-12(14)18-21-20-16-10-11-17(22-23(16)18)25-15-9-5-3-7-13(15)19/h2-11H,1H3. The minimum atomic E-state index is 0.386. The lowest BCUT2D eigenvalue weighted by Gasteiger charge is -2.08. The summed E-state index contributed by atoms with van der Waals surface area (Å²) in [5, 5.41) is 13.4. The molecular formula is C18H13ClN4O2. The summed E-state index contributed by atoms with van der Waals surface area (Å²) >= 11 is 6.14. The maximum atomic E-state index is 6.14. The van der Waals surface area contributed by atoms with Gasteiger partial charge in [0.15, 0.2) is 11.5 Å². The smallest absolute Gasteiger partial charge is 0.237 e. The molecule has 4 aromatic rings. The molecule has 0 radical (unpaired) electrons. The SMILES string of the molecule is COc1ccccc1-c1nnc2ccc(Oc3ccccc3Cl)nn12. The molecule has 0 saturated heterocycles. The minimum Gasteiger partial charge on any atom is -0.496 e. The zero-order chi connectivity index (χ0) is 17.2. The van der Waals surface area contributed by atoms with Crippen LogP contribution in [0.2, 0.25) is 5.02 Å². The molecule has 0 spiro atoms. The monoisotopic (exact) mass is 352 g/mol. The quantitative estimate of drug-likeness (QED) is 0.549. The molecule has 0 aliphatic rings. The van der Waals surface area contributed by atoms with E-state index in [1.807, 2.05) is 36.4 Å². The number of ether oxygens (including phenoxy) is 2. The molecule has 0 fully saturated rings. The lowest BCUT2D eigenvalue weighted by molar-refractivity contribution is 0.416. The van der Waals surface area contributed by atoms with Gasteiger partial charge in [-0.3, -0.25) is 0 Å². The van der Waals surface area contributed by atoms with Gasteiger partial charge in [-0.25, -0.2) is 0 Å². The Kier molecular flexibility index (Phi) is 3.95. The molecule has 0 atom stereocenters. The zero-order valence-corrected chi connectivity index (χ0v) is 14.0. The number of hydrogen-bond acceptors (Lipinski definition) is 5. The molecule has 2 aromatic heterocycles. The van der Waals surface area contributed by atoms with E-state index in [2.05, 4.69) is 15.3 Å². The molecule has 2 aromatic carbocycles. The van der Waals surface area contributed by atoms with Crippen molar-refractivity contribution in [2.24, 2.45) is 0 Å². The number of halogens is 1. The number of nitrogens with zero attached hydrogens (tertiary/aromatic N) is 4. The van der Waals surface area contributed by atoms with E-state index in [9.17, 15) is 0 Å². The van der Waals surface area contributed by atoms with Gasteiger partial charge in [0.1, 0.15) is 11.5 Å². The number of rotatable bonds is 4. The van der Waals surface area contributed by atoms with E-state index >= 15 is 0 Å². The number of aromatic nitrogens is 4. The van der Waals surface area contributed by atoms with E-state index in [4.69, 9.17) is 21.1 Å². The first kappa shape index (κ1) is 15.4. The Morgan fingerprint density at radius 2 is 1.64 bits per heavy atom. The molecule has 0 aliphatic heterocycles. The Morgan fingerprint density at radius 1 is 0.880 bits per heavy atom. The fraction of sp³-hybridized carbons (Fsp3) is 0.0556. The van der Waals surface area contributed by atoms with Crippen LogP contribution in [-0.2, 0) is 0 Å². The molecule has 4 rings (SSSR count). The number of hydrogen-bond donors (Lipinski definition) is 0. The molecule has 0 aliphatic carbocycles. The molecule has 0 bridgehead atoms. The summed E-state index contributed by atoms with van der Waals surface area (Å²) in [7, 11) is 1.61. The molecule has 2 heterocycles. The van der Waals surface area contributed by atoms with Crippen LogP contribution in [0.3, 0.4) is 0 Å². The van der Waals surface area contributed by atoms with E-state index in [-0.39, 0.29) is 0 Å². The lowest BCUT2D eigenvalue weighted by Crippen LogP contribution is -1.99. The Balaban J connectivity index is 1.79. The van der Waals surface area contributed by atoms with Crippen LogP contribution in [-0.4, -0.2) is 26.9 Å². The first-order valence-electron chi connectivity index (χ1n) is 7.54. The van der Waals surface area contributed by atoms with Crippen molar-refractivity contribution in [2.45, 2.75) is 0 Å². The van der Waals surface area contributed by atoms with Gasteiger partial charge in [-0.05, 0) is 30.3 Å².